The Morgan fingerprint density at radius 2 is 1.76 bits per heavy atom. The van der Waals surface area contributed by atoms with Crippen LogP contribution in [0, 0.1) is 5.92 Å². The molecule has 0 bridgehead atoms. The zero-order valence-electron chi connectivity index (χ0n) is 21.4. The Bertz CT molecular complexity index is 1220. The van der Waals surface area contributed by atoms with Gasteiger partial charge in [-0.1, -0.05) is 111 Å². The van der Waals surface area contributed by atoms with Gasteiger partial charge in [-0.3, -0.25) is 0 Å². The van der Waals surface area contributed by atoms with Crippen LogP contribution < -0.4 is 0 Å². The standard InChI is InChI=1S/C34H38/c1-8-11-23(5)32-24(6)18-31-21-30(20-27-12-10-13-29(19-27)22(3)4)25(7)33(31)34(32)28-16-14-26(9-2)15-17-28/h10,12-20,33-34H,3,5,7-9,11,21H2,1-2,4,6H3. The highest BCUT2D eigenvalue weighted by molar-refractivity contribution is 5.70. The fourth-order valence-electron chi connectivity index (χ4n) is 5.68. The van der Waals surface area contributed by atoms with Gasteiger partial charge in [0.05, 0.1) is 0 Å². The van der Waals surface area contributed by atoms with Crippen LogP contribution in [0.4, 0.5) is 0 Å². The largest absolute Gasteiger partial charge is 0.0955 e. The van der Waals surface area contributed by atoms with Crippen molar-refractivity contribution >= 4 is 11.6 Å². The molecular formula is C34H38. The molecule has 4 rings (SSSR count). The van der Waals surface area contributed by atoms with Gasteiger partial charge in [0.2, 0.25) is 0 Å². The number of benzene rings is 2. The third kappa shape index (κ3) is 4.60. The first-order valence-corrected chi connectivity index (χ1v) is 12.7. The quantitative estimate of drug-likeness (QED) is 0.397. The lowest BCUT2D eigenvalue weighted by atomic mass is 9.69. The van der Waals surface area contributed by atoms with E-state index in [1.807, 2.05) is 0 Å². The predicted octanol–water partition coefficient (Wildman–Crippen LogP) is 9.64. The Labute approximate surface area is 206 Å². The molecule has 0 amide bonds. The zero-order chi connectivity index (χ0) is 24.4. The van der Waals surface area contributed by atoms with Crippen LogP contribution in [0.5, 0.6) is 0 Å². The van der Waals surface area contributed by atoms with Gasteiger partial charge >= 0.3 is 0 Å². The number of aryl methyl sites for hydroxylation is 1. The van der Waals surface area contributed by atoms with E-state index in [4.69, 9.17) is 0 Å². The van der Waals surface area contributed by atoms with E-state index in [0.717, 1.165) is 31.3 Å². The monoisotopic (exact) mass is 446 g/mol. The molecule has 1 fully saturated rings. The molecule has 0 radical (unpaired) electrons. The van der Waals surface area contributed by atoms with E-state index >= 15 is 0 Å². The summed E-state index contributed by atoms with van der Waals surface area (Å²) in [5, 5.41) is 0. The first kappa shape index (κ1) is 24.0. The maximum absolute atomic E-state index is 4.67. The lowest BCUT2D eigenvalue weighted by Crippen LogP contribution is -2.21. The van der Waals surface area contributed by atoms with Gasteiger partial charge in [-0.2, -0.15) is 0 Å². The third-order valence-electron chi connectivity index (χ3n) is 7.45. The molecule has 174 valence electrons. The Balaban J connectivity index is 1.78. The molecule has 34 heavy (non-hydrogen) atoms. The first-order chi connectivity index (χ1) is 16.3. The normalized spacial score (nSPS) is 21.0. The minimum absolute atomic E-state index is 0.283. The number of rotatable bonds is 7. The Kier molecular flexibility index (Phi) is 7.08. The molecule has 0 aliphatic heterocycles. The van der Waals surface area contributed by atoms with Crippen molar-refractivity contribution in [3.05, 3.63) is 130 Å². The molecule has 2 aliphatic rings. The molecule has 0 aromatic heterocycles. The van der Waals surface area contributed by atoms with Crippen molar-refractivity contribution in [3.63, 3.8) is 0 Å². The molecule has 0 heterocycles. The lowest BCUT2D eigenvalue weighted by Gasteiger charge is -2.34. The van der Waals surface area contributed by atoms with Gasteiger partial charge in [0.25, 0.3) is 0 Å². The summed E-state index contributed by atoms with van der Waals surface area (Å²) >= 11 is 0. The third-order valence-corrected chi connectivity index (χ3v) is 7.45. The molecule has 0 heteroatoms. The summed E-state index contributed by atoms with van der Waals surface area (Å²) in [6, 6.07) is 17.9. The minimum Gasteiger partial charge on any atom is -0.0955 e. The van der Waals surface area contributed by atoms with Gasteiger partial charge in [-0.15, -0.1) is 0 Å². The van der Waals surface area contributed by atoms with Crippen molar-refractivity contribution in [3.8, 4) is 0 Å². The smallest absolute Gasteiger partial charge is 0.0201 e. The van der Waals surface area contributed by atoms with E-state index in [9.17, 15) is 0 Å². The Morgan fingerprint density at radius 1 is 1.03 bits per heavy atom. The van der Waals surface area contributed by atoms with Crippen LogP contribution in [0.1, 0.15) is 75.1 Å². The van der Waals surface area contributed by atoms with Crippen LogP contribution in [0.25, 0.3) is 11.6 Å². The lowest BCUT2D eigenvalue weighted by molar-refractivity contribution is 0.619. The van der Waals surface area contributed by atoms with Crippen molar-refractivity contribution in [2.75, 3.05) is 0 Å². The maximum Gasteiger partial charge on any atom is 0.0201 e. The highest BCUT2D eigenvalue weighted by Crippen LogP contribution is 2.55. The topological polar surface area (TPSA) is 0 Å². The summed E-state index contributed by atoms with van der Waals surface area (Å²) < 4.78 is 0. The second-order valence-corrected chi connectivity index (χ2v) is 10.00. The van der Waals surface area contributed by atoms with Gasteiger partial charge in [-0.05, 0) is 83.7 Å². The van der Waals surface area contributed by atoms with Gasteiger partial charge in [0.1, 0.15) is 0 Å². The molecule has 2 unspecified atom stereocenters. The molecule has 2 aromatic carbocycles. The molecule has 2 atom stereocenters. The van der Waals surface area contributed by atoms with Crippen LogP contribution in [0.15, 0.2) is 108 Å². The van der Waals surface area contributed by atoms with Crippen LogP contribution in [0.2, 0.25) is 0 Å². The van der Waals surface area contributed by atoms with E-state index in [2.05, 4.69) is 108 Å². The Hall–Kier alpha value is -3.12. The van der Waals surface area contributed by atoms with Crippen LogP contribution in [-0.2, 0) is 6.42 Å². The van der Waals surface area contributed by atoms with Crippen molar-refractivity contribution in [1.29, 1.82) is 0 Å². The number of hydrogen-bond acceptors (Lipinski definition) is 0. The first-order valence-electron chi connectivity index (χ1n) is 12.7. The molecular weight excluding hydrogens is 408 g/mol. The van der Waals surface area contributed by atoms with Crippen LogP contribution in [0.3, 0.4) is 0 Å². The summed E-state index contributed by atoms with van der Waals surface area (Å²) in [5.41, 5.74) is 14.4. The van der Waals surface area contributed by atoms with Gasteiger partial charge in [-0.25, -0.2) is 0 Å². The molecule has 2 aliphatic carbocycles. The summed E-state index contributed by atoms with van der Waals surface area (Å²) in [6.07, 6.45) is 8.94. The molecule has 2 aromatic rings. The number of hydrogen-bond donors (Lipinski definition) is 0. The summed E-state index contributed by atoms with van der Waals surface area (Å²) in [6.45, 7) is 22.1. The number of allylic oxidation sites excluding steroid dienone is 8. The summed E-state index contributed by atoms with van der Waals surface area (Å²) in [4.78, 5) is 0. The van der Waals surface area contributed by atoms with Crippen LogP contribution in [-0.4, -0.2) is 0 Å². The predicted molar refractivity (Wildman–Crippen MR) is 150 cm³/mol. The van der Waals surface area contributed by atoms with E-state index in [0.29, 0.717) is 5.92 Å². The SMILES string of the molecule is C=C(CCC)C1=C(C)C=C2CC(=Cc3cccc(C(=C)C)c3)C(=C)C2C1c1ccc(CC)cc1. The second kappa shape index (κ2) is 10.0. The van der Waals surface area contributed by atoms with Gasteiger partial charge < -0.3 is 0 Å². The summed E-state index contributed by atoms with van der Waals surface area (Å²) in [7, 11) is 0. The average Bonchev–Trinajstić information content (AvgIpc) is 3.12. The molecule has 0 spiro atoms. The second-order valence-electron chi connectivity index (χ2n) is 10.00. The number of fused-ring (bicyclic) bond motifs is 1. The van der Waals surface area contributed by atoms with Crippen molar-refractivity contribution in [1.82, 2.24) is 0 Å². The minimum atomic E-state index is 0.283. The Morgan fingerprint density at radius 3 is 2.41 bits per heavy atom. The maximum atomic E-state index is 4.67. The van der Waals surface area contributed by atoms with Crippen LogP contribution >= 0.6 is 0 Å². The van der Waals surface area contributed by atoms with E-state index in [1.165, 1.54) is 55.7 Å². The van der Waals surface area contributed by atoms with E-state index in [-0.39, 0.29) is 5.92 Å². The average molecular weight is 447 g/mol. The molecule has 0 saturated heterocycles. The van der Waals surface area contributed by atoms with Crippen molar-refractivity contribution in [2.24, 2.45) is 5.92 Å². The summed E-state index contributed by atoms with van der Waals surface area (Å²) in [5.74, 6) is 0.584. The van der Waals surface area contributed by atoms with Gasteiger partial charge in [0, 0.05) is 11.8 Å². The zero-order valence-corrected chi connectivity index (χ0v) is 21.4. The van der Waals surface area contributed by atoms with Crippen molar-refractivity contribution < 1.29 is 0 Å². The molecule has 0 nitrogen and oxygen atoms in total. The fraction of sp³-hybridized carbons (Fsp3) is 0.294. The van der Waals surface area contributed by atoms with Crippen molar-refractivity contribution in [2.45, 2.75) is 59.3 Å². The molecule has 1 saturated carbocycles. The molecule has 0 N–H and O–H groups in total. The van der Waals surface area contributed by atoms with E-state index < -0.39 is 0 Å². The van der Waals surface area contributed by atoms with Gasteiger partial charge in [0.15, 0.2) is 0 Å². The fourth-order valence-corrected chi connectivity index (χ4v) is 5.68. The highest BCUT2D eigenvalue weighted by Gasteiger charge is 2.40. The van der Waals surface area contributed by atoms with E-state index in [1.54, 1.807) is 0 Å². The highest BCUT2D eigenvalue weighted by atomic mass is 14.4.